The van der Waals surface area contributed by atoms with Crippen LogP contribution in [0.25, 0.3) is 0 Å². The summed E-state index contributed by atoms with van der Waals surface area (Å²) in [5.41, 5.74) is 0.814. The smallest absolute Gasteiger partial charge is 0.229 e. The lowest BCUT2D eigenvalue weighted by Crippen LogP contribution is -2.60. The van der Waals surface area contributed by atoms with E-state index >= 15 is 0 Å². The van der Waals surface area contributed by atoms with Gasteiger partial charge in [0, 0.05) is 11.6 Å². The fraction of sp³-hybridized carbons (Fsp3) is 0.423. The van der Waals surface area contributed by atoms with Crippen LogP contribution in [-0.2, 0) is 11.2 Å². The molecule has 0 aliphatic carbocycles. The summed E-state index contributed by atoms with van der Waals surface area (Å²) in [5.74, 6) is -2.60. The van der Waals surface area contributed by atoms with Crippen LogP contribution in [0.1, 0.15) is 41.4 Å². The maximum Gasteiger partial charge on any atom is 0.229 e. The first kappa shape index (κ1) is 27.6. The molecule has 12 nitrogen and oxygen atoms in total. The first-order valence-corrected chi connectivity index (χ1v) is 11.8. The molecule has 2 aliphatic heterocycles. The second kappa shape index (κ2) is 10.8. The van der Waals surface area contributed by atoms with Gasteiger partial charge in [-0.3, -0.25) is 4.79 Å². The highest BCUT2D eigenvalue weighted by molar-refractivity contribution is 6.06. The summed E-state index contributed by atoms with van der Waals surface area (Å²) in [6.45, 7) is 2.94. The zero-order valence-corrected chi connectivity index (χ0v) is 20.6. The molecule has 206 valence electrons. The standard InChI is InChI=1S/C26H30O12/c1-10(2)3-5-12-15(37-26-24(35)22(33)20(31)17(9-27)38-26)8-16-18(19(12)30)21(32)23(34)25(36-16)11-4-6-13(28)14(29)7-11/h3-4,6-8,17,20,22-31,33-35H,5,9H2,1-2H3. The molecule has 7 atom stereocenters. The Hall–Kier alpha value is -3.39. The van der Waals surface area contributed by atoms with Crippen LogP contribution in [0.4, 0.5) is 0 Å². The Labute approximate surface area is 217 Å². The van der Waals surface area contributed by atoms with E-state index < -0.39 is 72.6 Å². The number of hydrogen-bond acceptors (Lipinski definition) is 12. The van der Waals surface area contributed by atoms with Gasteiger partial charge >= 0.3 is 0 Å². The molecule has 38 heavy (non-hydrogen) atoms. The van der Waals surface area contributed by atoms with Crippen molar-refractivity contribution >= 4 is 5.78 Å². The number of ketones is 1. The Morgan fingerprint density at radius 2 is 1.71 bits per heavy atom. The van der Waals surface area contributed by atoms with Crippen molar-refractivity contribution in [3.63, 3.8) is 0 Å². The molecule has 0 saturated carbocycles. The highest BCUT2D eigenvalue weighted by Crippen LogP contribution is 2.46. The minimum absolute atomic E-state index is 0.0623. The summed E-state index contributed by atoms with van der Waals surface area (Å²) in [5, 5.41) is 81.4. The molecule has 1 fully saturated rings. The Bertz CT molecular complexity index is 1240. The SMILES string of the molecule is CC(C)=CCc1c(OC2OC(CO)C(O)C(O)C2O)cc2c(c1O)C(=O)C(O)C(c1ccc(O)c(O)c1)O2. The Morgan fingerprint density at radius 1 is 1.00 bits per heavy atom. The third-order valence-electron chi connectivity index (χ3n) is 6.52. The van der Waals surface area contributed by atoms with Gasteiger partial charge in [-0.25, -0.2) is 0 Å². The van der Waals surface area contributed by atoms with Crippen LogP contribution in [-0.4, -0.2) is 90.1 Å². The third-order valence-corrected chi connectivity index (χ3v) is 6.52. The van der Waals surface area contributed by atoms with E-state index in [9.17, 15) is 45.6 Å². The van der Waals surface area contributed by atoms with Gasteiger partial charge < -0.3 is 55.1 Å². The van der Waals surface area contributed by atoms with Gasteiger partial charge in [0.05, 0.1) is 6.61 Å². The van der Waals surface area contributed by atoms with Crippen molar-refractivity contribution in [1.29, 1.82) is 0 Å². The molecular formula is C26H30O12. The van der Waals surface area contributed by atoms with Crippen LogP contribution < -0.4 is 9.47 Å². The lowest BCUT2D eigenvalue weighted by molar-refractivity contribution is -0.277. The maximum absolute atomic E-state index is 13.2. The summed E-state index contributed by atoms with van der Waals surface area (Å²) in [7, 11) is 0. The van der Waals surface area contributed by atoms with Gasteiger partial charge in [0.2, 0.25) is 12.1 Å². The largest absolute Gasteiger partial charge is 0.507 e. The molecule has 1 saturated heterocycles. The molecule has 2 aliphatic rings. The van der Waals surface area contributed by atoms with Crippen LogP contribution >= 0.6 is 0 Å². The highest BCUT2D eigenvalue weighted by atomic mass is 16.7. The van der Waals surface area contributed by atoms with Crippen LogP contribution in [0.15, 0.2) is 35.9 Å². The first-order valence-electron chi connectivity index (χ1n) is 11.8. The average molecular weight is 535 g/mol. The van der Waals surface area contributed by atoms with Crippen molar-refractivity contribution in [2.45, 2.75) is 63.2 Å². The number of aliphatic hydroxyl groups excluding tert-OH is 5. The minimum Gasteiger partial charge on any atom is -0.507 e. The van der Waals surface area contributed by atoms with E-state index in [4.69, 9.17) is 14.2 Å². The molecular weight excluding hydrogens is 504 g/mol. The topological polar surface area (TPSA) is 207 Å². The molecule has 4 rings (SSSR count). The fourth-order valence-electron chi connectivity index (χ4n) is 4.35. The molecule has 8 N–H and O–H groups in total. The zero-order valence-electron chi connectivity index (χ0n) is 20.6. The van der Waals surface area contributed by atoms with E-state index in [0.717, 1.165) is 17.7 Å². The zero-order chi connectivity index (χ0) is 27.9. The summed E-state index contributed by atoms with van der Waals surface area (Å²) >= 11 is 0. The molecule has 0 spiro atoms. The van der Waals surface area contributed by atoms with E-state index in [1.807, 2.05) is 13.8 Å². The first-order chi connectivity index (χ1) is 17.9. The van der Waals surface area contributed by atoms with E-state index in [1.165, 1.54) is 12.1 Å². The number of fused-ring (bicyclic) bond motifs is 1. The van der Waals surface area contributed by atoms with Gasteiger partial charge in [-0.05, 0) is 38.0 Å². The monoisotopic (exact) mass is 534 g/mol. The van der Waals surface area contributed by atoms with Crippen molar-refractivity contribution in [3.8, 4) is 28.7 Å². The van der Waals surface area contributed by atoms with Crippen LogP contribution in [0.5, 0.6) is 28.7 Å². The van der Waals surface area contributed by atoms with Crippen molar-refractivity contribution in [3.05, 3.63) is 52.6 Å². The number of rotatable bonds is 6. The number of carbonyl (C=O) groups excluding carboxylic acids is 1. The molecule has 0 radical (unpaired) electrons. The number of benzene rings is 2. The van der Waals surface area contributed by atoms with E-state index in [1.54, 1.807) is 6.08 Å². The molecule has 0 bridgehead atoms. The number of ether oxygens (including phenoxy) is 3. The number of Topliss-reactive ketones (excluding diaryl/α,β-unsaturated/α-hetero) is 1. The molecule has 12 heteroatoms. The van der Waals surface area contributed by atoms with Gasteiger partial charge in [-0.2, -0.15) is 0 Å². The number of carbonyl (C=O) groups is 1. The minimum atomic E-state index is -1.76. The van der Waals surface area contributed by atoms with Crippen LogP contribution in [0.3, 0.4) is 0 Å². The lowest BCUT2D eigenvalue weighted by Gasteiger charge is -2.40. The van der Waals surface area contributed by atoms with E-state index in [0.29, 0.717) is 0 Å². The molecule has 0 aromatic heterocycles. The van der Waals surface area contributed by atoms with E-state index in [2.05, 4.69) is 0 Å². The third kappa shape index (κ3) is 5.01. The number of allylic oxidation sites excluding steroid dienone is 2. The van der Waals surface area contributed by atoms with E-state index in [-0.39, 0.29) is 34.6 Å². The van der Waals surface area contributed by atoms with Crippen molar-refractivity contribution in [2.75, 3.05) is 6.61 Å². The average Bonchev–Trinajstić information content (AvgIpc) is 2.87. The predicted molar refractivity (Wildman–Crippen MR) is 129 cm³/mol. The second-order valence-corrected chi connectivity index (χ2v) is 9.47. The maximum atomic E-state index is 13.2. The fourth-order valence-corrected chi connectivity index (χ4v) is 4.35. The van der Waals surface area contributed by atoms with Gasteiger partial charge in [-0.1, -0.05) is 17.7 Å². The van der Waals surface area contributed by atoms with Crippen molar-refractivity contribution in [2.24, 2.45) is 0 Å². The number of hydrogen-bond donors (Lipinski definition) is 8. The summed E-state index contributed by atoms with van der Waals surface area (Å²) < 4.78 is 17.1. The van der Waals surface area contributed by atoms with Crippen molar-refractivity contribution in [1.82, 2.24) is 0 Å². The summed E-state index contributed by atoms with van der Waals surface area (Å²) in [4.78, 5) is 13.2. The molecule has 7 unspecified atom stereocenters. The van der Waals surface area contributed by atoms with Crippen LogP contribution in [0.2, 0.25) is 0 Å². The predicted octanol–water partition coefficient (Wildman–Crippen LogP) is 0.168. The number of aromatic hydroxyl groups is 3. The molecule has 2 aromatic carbocycles. The molecule has 2 aromatic rings. The quantitative estimate of drug-likeness (QED) is 0.184. The Balaban J connectivity index is 1.78. The highest BCUT2D eigenvalue weighted by Gasteiger charge is 2.46. The molecule has 2 heterocycles. The van der Waals surface area contributed by atoms with Crippen LogP contribution in [0, 0.1) is 0 Å². The number of phenols is 3. The van der Waals surface area contributed by atoms with Gasteiger partial charge in [0.25, 0.3) is 0 Å². The summed E-state index contributed by atoms with van der Waals surface area (Å²) in [6.07, 6.45) is -9.16. The van der Waals surface area contributed by atoms with Gasteiger partial charge in [-0.15, -0.1) is 0 Å². The van der Waals surface area contributed by atoms with Crippen molar-refractivity contribution < 1.29 is 59.9 Å². The number of phenolic OH excluding ortho intramolecular Hbond substituents is 3. The molecule has 0 amide bonds. The lowest BCUT2D eigenvalue weighted by atomic mass is 9.90. The van der Waals surface area contributed by atoms with Gasteiger partial charge in [0.15, 0.2) is 23.7 Å². The van der Waals surface area contributed by atoms with Gasteiger partial charge in [0.1, 0.15) is 47.2 Å². The summed E-state index contributed by atoms with van der Waals surface area (Å²) in [6, 6.07) is 4.88. The second-order valence-electron chi connectivity index (χ2n) is 9.47. The Kier molecular flexibility index (Phi) is 7.83. The normalized spacial score (nSPS) is 28.8. The number of aliphatic hydroxyl groups is 5. The Morgan fingerprint density at radius 3 is 2.34 bits per heavy atom.